The van der Waals surface area contributed by atoms with E-state index in [1.807, 2.05) is 11.8 Å². The van der Waals surface area contributed by atoms with E-state index in [1.165, 1.54) is 40.3 Å². The molecule has 1 aliphatic rings. The van der Waals surface area contributed by atoms with Crippen molar-refractivity contribution in [1.82, 2.24) is 0 Å². The quantitative estimate of drug-likeness (QED) is 0.771. The van der Waals surface area contributed by atoms with Crippen LogP contribution in [0.3, 0.4) is 0 Å². The maximum atomic E-state index is 3.58. The Morgan fingerprint density at radius 3 is 2.64 bits per heavy atom. The summed E-state index contributed by atoms with van der Waals surface area (Å²) in [5.74, 6) is 2.51. The van der Waals surface area contributed by atoms with Gasteiger partial charge in [0.1, 0.15) is 0 Å². The molecule has 0 amide bonds. The van der Waals surface area contributed by atoms with Gasteiger partial charge in [-0.2, -0.15) is 11.8 Å². The Morgan fingerprint density at radius 2 is 2.00 bits per heavy atom. The molecule has 1 saturated heterocycles. The topological polar surface area (TPSA) is 3.24 Å². The second kappa shape index (κ2) is 4.58. The van der Waals surface area contributed by atoms with Crippen LogP contribution in [0.2, 0.25) is 0 Å². The Bertz CT molecular complexity index is 321. The lowest BCUT2D eigenvalue weighted by molar-refractivity contribution is 0.858. The van der Waals surface area contributed by atoms with Gasteiger partial charge < -0.3 is 4.90 Å². The molecule has 1 nitrogen and oxygen atoms in total. The highest BCUT2D eigenvalue weighted by Crippen LogP contribution is 2.25. The second-order valence-electron chi connectivity index (χ2n) is 3.53. The molecule has 2 rings (SSSR count). The number of aryl methyl sites for hydroxylation is 1. The minimum absolute atomic E-state index is 1.18. The molecule has 76 valence electrons. The molecular weight excluding hydrogens is 258 g/mol. The third-order valence-electron chi connectivity index (χ3n) is 2.53. The summed E-state index contributed by atoms with van der Waals surface area (Å²) < 4.78 is 1.22. The SMILES string of the molecule is Cc1ccc(N2CCSCC2)cc1Br. The summed E-state index contributed by atoms with van der Waals surface area (Å²) in [5, 5.41) is 0. The highest BCUT2D eigenvalue weighted by Gasteiger charge is 2.11. The summed E-state index contributed by atoms with van der Waals surface area (Å²) in [7, 11) is 0. The number of halogens is 1. The fraction of sp³-hybridized carbons (Fsp3) is 0.455. The maximum absolute atomic E-state index is 3.58. The molecule has 0 radical (unpaired) electrons. The first-order chi connectivity index (χ1) is 6.77. The summed E-state index contributed by atoms with van der Waals surface area (Å²) in [6, 6.07) is 6.63. The average molecular weight is 272 g/mol. The van der Waals surface area contributed by atoms with E-state index in [-0.39, 0.29) is 0 Å². The van der Waals surface area contributed by atoms with Crippen molar-refractivity contribution in [2.75, 3.05) is 29.5 Å². The normalized spacial score (nSPS) is 17.1. The smallest absolute Gasteiger partial charge is 0.0378 e. The van der Waals surface area contributed by atoms with Crippen molar-refractivity contribution in [2.24, 2.45) is 0 Å². The van der Waals surface area contributed by atoms with Gasteiger partial charge in [-0.1, -0.05) is 22.0 Å². The fourth-order valence-electron chi connectivity index (χ4n) is 1.60. The number of rotatable bonds is 1. The van der Waals surface area contributed by atoms with Crippen LogP contribution in [0.15, 0.2) is 22.7 Å². The molecule has 0 aromatic heterocycles. The average Bonchev–Trinajstić information content (AvgIpc) is 2.23. The largest absolute Gasteiger partial charge is 0.370 e. The van der Waals surface area contributed by atoms with Gasteiger partial charge in [0.05, 0.1) is 0 Å². The molecule has 14 heavy (non-hydrogen) atoms. The molecule has 3 heteroatoms. The van der Waals surface area contributed by atoms with Gasteiger partial charge in [0.25, 0.3) is 0 Å². The van der Waals surface area contributed by atoms with E-state index in [9.17, 15) is 0 Å². The van der Waals surface area contributed by atoms with Crippen molar-refractivity contribution in [1.29, 1.82) is 0 Å². The molecular formula is C11H14BrNS. The summed E-state index contributed by atoms with van der Waals surface area (Å²) in [5.41, 5.74) is 2.66. The van der Waals surface area contributed by atoms with E-state index in [0.717, 1.165) is 0 Å². The van der Waals surface area contributed by atoms with Gasteiger partial charge in [-0.3, -0.25) is 0 Å². The fourth-order valence-corrected chi connectivity index (χ4v) is 2.87. The van der Waals surface area contributed by atoms with Crippen LogP contribution in [0.1, 0.15) is 5.56 Å². The molecule has 0 aliphatic carbocycles. The lowest BCUT2D eigenvalue weighted by atomic mass is 10.2. The van der Waals surface area contributed by atoms with E-state index in [4.69, 9.17) is 0 Å². The van der Waals surface area contributed by atoms with Gasteiger partial charge >= 0.3 is 0 Å². The van der Waals surface area contributed by atoms with E-state index < -0.39 is 0 Å². The van der Waals surface area contributed by atoms with E-state index >= 15 is 0 Å². The Labute approximate surface area is 98.0 Å². The zero-order valence-corrected chi connectivity index (χ0v) is 10.7. The Hall–Kier alpha value is -0.150. The van der Waals surface area contributed by atoms with Crippen LogP contribution >= 0.6 is 27.7 Å². The monoisotopic (exact) mass is 271 g/mol. The van der Waals surface area contributed by atoms with Crippen LogP contribution < -0.4 is 4.90 Å². The van der Waals surface area contributed by atoms with Gasteiger partial charge in [0, 0.05) is 34.8 Å². The molecule has 1 aliphatic heterocycles. The lowest BCUT2D eigenvalue weighted by Crippen LogP contribution is -2.32. The Balaban J connectivity index is 2.18. The molecule has 1 aromatic carbocycles. The third-order valence-corrected chi connectivity index (χ3v) is 4.33. The minimum atomic E-state index is 1.18. The van der Waals surface area contributed by atoms with Gasteiger partial charge in [0.15, 0.2) is 0 Å². The lowest BCUT2D eigenvalue weighted by Gasteiger charge is -2.28. The predicted molar refractivity (Wildman–Crippen MR) is 68.4 cm³/mol. The van der Waals surface area contributed by atoms with Crippen molar-refractivity contribution >= 4 is 33.4 Å². The molecule has 0 unspecified atom stereocenters. The van der Waals surface area contributed by atoms with E-state index in [1.54, 1.807) is 0 Å². The number of nitrogens with zero attached hydrogens (tertiary/aromatic N) is 1. The molecule has 1 aromatic rings. The summed E-state index contributed by atoms with van der Waals surface area (Å²) in [6.45, 7) is 4.49. The first-order valence-corrected chi connectivity index (χ1v) is 6.81. The van der Waals surface area contributed by atoms with Crippen molar-refractivity contribution < 1.29 is 0 Å². The van der Waals surface area contributed by atoms with Crippen LogP contribution in [0.4, 0.5) is 5.69 Å². The molecule has 0 bridgehead atoms. The highest BCUT2D eigenvalue weighted by molar-refractivity contribution is 9.10. The van der Waals surface area contributed by atoms with Crippen molar-refractivity contribution in [3.63, 3.8) is 0 Å². The zero-order valence-electron chi connectivity index (χ0n) is 8.29. The number of hydrogen-bond acceptors (Lipinski definition) is 2. The number of anilines is 1. The third kappa shape index (κ3) is 2.26. The molecule has 0 N–H and O–H groups in total. The number of hydrogen-bond donors (Lipinski definition) is 0. The van der Waals surface area contributed by atoms with Crippen LogP contribution in [0.25, 0.3) is 0 Å². The maximum Gasteiger partial charge on any atom is 0.0378 e. The van der Waals surface area contributed by atoms with Crippen LogP contribution in [0, 0.1) is 6.92 Å². The Kier molecular flexibility index (Phi) is 3.39. The molecule has 1 heterocycles. The minimum Gasteiger partial charge on any atom is -0.370 e. The van der Waals surface area contributed by atoms with Crippen LogP contribution in [0.5, 0.6) is 0 Å². The van der Waals surface area contributed by atoms with Crippen LogP contribution in [-0.2, 0) is 0 Å². The van der Waals surface area contributed by atoms with E-state index in [2.05, 4.69) is 46.0 Å². The standard InChI is InChI=1S/C11H14BrNS/c1-9-2-3-10(8-11(9)12)13-4-6-14-7-5-13/h2-3,8H,4-7H2,1H3. The van der Waals surface area contributed by atoms with Crippen LogP contribution in [-0.4, -0.2) is 24.6 Å². The molecule has 1 fully saturated rings. The van der Waals surface area contributed by atoms with Gasteiger partial charge in [-0.05, 0) is 24.6 Å². The van der Waals surface area contributed by atoms with Crippen molar-refractivity contribution in [3.8, 4) is 0 Å². The zero-order chi connectivity index (χ0) is 9.97. The van der Waals surface area contributed by atoms with E-state index in [0.29, 0.717) is 0 Å². The first kappa shape index (κ1) is 10.4. The number of benzene rings is 1. The molecule has 0 saturated carbocycles. The van der Waals surface area contributed by atoms with Gasteiger partial charge in [-0.25, -0.2) is 0 Å². The summed E-state index contributed by atoms with van der Waals surface area (Å²) in [6.07, 6.45) is 0. The highest BCUT2D eigenvalue weighted by atomic mass is 79.9. The predicted octanol–water partition coefficient (Wildman–Crippen LogP) is 3.31. The van der Waals surface area contributed by atoms with Crippen molar-refractivity contribution in [2.45, 2.75) is 6.92 Å². The second-order valence-corrected chi connectivity index (χ2v) is 5.61. The van der Waals surface area contributed by atoms with Crippen molar-refractivity contribution in [3.05, 3.63) is 28.2 Å². The number of thioether (sulfide) groups is 1. The summed E-state index contributed by atoms with van der Waals surface area (Å²) >= 11 is 5.63. The first-order valence-electron chi connectivity index (χ1n) is 4.86. The molecule has 0 atom stereocenters. The molecule has 0 spiro atoms. The van der Waals surface area contributed by atoms with Gasteiger partial charge in [-0.15, -0.1) is 0 Å². The van der Waals surface area contributed by atoms with Gasteiger partial charge in [0.2, 0.25) is 0 Å². The Morgan fingerprint density at radius 1 is 1.29 bits per heavy atom. The summed E-state index contributed by atoms with van der Waals surface area (Å²) in [4.78, 5) is 2.46.